The molecule has 1 aromatic heterocycles. The lowest BCUT2D eigenvalue weighted by atomic mass is 10.1. The molecule has 1 fully saturated rings. The smallest absolute Gasteiger partial charge is 0.246 e. The first-order valence-electron chi connectivity index (χ1n) is 8.79. The summed E-state index contributed by atoms with van der Waals surface area (Å²) >= 11 is 0. The normalized spacial score (nSPS) is 15.6. The van der Waals surface area contributed by atoms with E-state index in [-0.39, 0.29) is 0 Å². The van der Waals surface area contributed by atoms with E-state index in [2.05, 4.69) is 49.7 Å². The average Bonchev–Trinajstić information content (AvgIpc) is 2.96. The van der Waals surface area contributed by atoms with E-state index in [1.165, 1.54) is 31.4 Å². The molecule has 25 heavy (non-hydrogen) atoms. The Morgan fingerprint density at radius 1 is 1.08 bits per heavy atom. The fourth-order valence-electron chi connectivity index (χ4n) is 2.95. The number of hydrogen-bond donors (Lipinski definition) is 1. The molecule has 1 aliphatic rings. The number of rotatable bonds is 5. The maximum Gasteiger partial charge on any atom is 0.246 e. The third-order valence-electron chi connectivity index (χ3n) is 4.42. The zero-order valence-corrected chi connectivity index (χ0v) is 14.9. The van der Waals surface area contributed by atoms with Crippen molar-refractivity contribution in [3.63, 3.8) is 0 Å². The number of anilines is 2. The largest absolute Gasteiger partial charge is 0.481 e. The van der Waals surface area contributed by atoms with Crippen molar-refractivity contribution in [2.24, 2.45) is 5.10 Å². The van der Waals surface area contributed by atoms with Crippen molar-refractivity contribution in [1.82, 2.24) is 9.97 Å². The van der Waals surface area contributed by atoms with Crippen LogP contribution < -0.4 is 15.1 Å². The third-order valence-corrected chi connectivity index (χ3v) is 4.42. The van der Waals surface area contributed by atoms with Crippen molar-refractivity contribution in [3.05, 3.63) is 42.1 Å². The molecule has 1 saturated heterocycles. The van der Waals surface area contributed by atoms with Gasteiger partial charge in [-0.2, -0.15) is 10.1 Å². The topological polar surface area (TPSA) is 62.6 Å². The molecule has 0 spiro atoms. The molecule has 0 atom stereocenters. The van der Waals surface area contributed by atoms with E-state index in [4.69, 9.17) is 4.74 Å². The summed E-state index contributed by atoms with van der Waals surface area (Å²) in [6, 6.07) is 10.3. The molecule has 132 valence electrons. The monoisotopic (exact) mass is 339 g/mol. The Kier molecular flexibility index (Phi) is 5.82. The van der Waals surface area contributed by atoms with Crippen molar-refractivity contribution >= 4 is 17.3 Å². The van der Waals surface area contributed by atoms with Crippen LogP contribution in [-0.4, -0.2) is 35.9 Å². The standard InChI is InChI=1S/C19H25N5O/c1-15(22-23-19-20-12-11-18(21-19)25-2)16-7-9-17(10-8-16)24-13-5-3-4-6-14-24/h7-12H,3-6,13-14H2,1-2H3,(H,20,21,23). The Hall–Kier alpha value is -2.63. The van der Waals surface area contributed by atoms with Gasteiger partial charge in [-0.1, -0.05) is 25.0 Å². The molecule has 0 bridgehead atoms. The summed E-state index contributed by atoms with van der Waals surface area (Å²) in [5, 5.41) is 4.37. The molecule has 3 rings (SSSR count). The second kappa shape index (κ2) is 8.46. The van der Waals surface area contributed by atoms with Crippen molar-refractivity contribution in [3.8, 4) is 5.88 Å². The fraction of sp³-hybridized carbons (Fsp3) is 0.421. The summed E-state index contributed by atoms with van der Waals surface area (Å²) in [6.45, 7) is 4.27. The second-order valence-corrected chi connectivity index (χ2v) is 6.18. The summed E-state index contributed by atoms with van der Waals surface area (Å²) in [5.41, 5.74) is 6.13. The number of hydrazone groups is 1. The van der Waals surface area contributed by atoms with Crippen LogP contribution in [0.25, 0.3) is 0 Å². The van der Waals surface area contributed by atoms with E-state index in [1.54, 1.807) is 19.4 Å². The first kappa shape index (κ1) is 17.2. The van der Waals surface area contributed by atoms with Crippen LogP contribution >= 0.6 is 0 Å². The highest BCUT2D eigenvalue weighted by molar-refractivity contribution is 5.99. The van der Waals surface area contributed by atoms with Crippen LogP contribution in [0.1, 0.15) is 38.2 Å². The van der Waals surface area contributed by atoms with Gasteiger partial charge in [0.25, 0.3) is 0 Å². The molecule has 0 radical (unpaired) electrons. The zero-order valence-electron chi connectivity index (χ0n) is 14.9. The first-order chi connectivity index (χ1) is 12.3. The number of methoxy groups -OCH3 is 1. The average molecular weight is 339 g/mol. The van der Waals surface area contributed by atoms with E-state index in [0.717, 1.165) is 24.4 Å². The third kappa shape index (κ3) is 4.68. The van der Waals surface area contributed by atoms with Crippen molar-refractivity contribution in [2.45, 2.75) is 32.6 Å². The van der Waals surface area contributed by atoms with Gasteiger partial charge in [0, 0.05) is 31.0 Å². The van der Waals surface area contributed by atoms with E-state index in [9.17, 15) is 0 Å². The van der Waals surface area contributed by atoms with Crippen molar-refractivity contribution < 1.29 is 4.74 Å². The fourth-order valence-corrected chi connectivity index (χ4v) is 2.95. The second-order valence-electron chi connectivity index (χ2n) is 6.18. The van der Waals surface area contributed by atoms with Crippen molar-refractivity contribution in [1.29, 1.82) is 0 Å². The van der Waals surface area contributed by atoms with Gasteiger partial charge in [0.05, 0.1) is 12.8 Å². The highest BCUT2D eigenvalue weighted by atomic mass is 16.5. The quantitative estimate of drug-likeness (QED) is 0.665. The molecular weight excluding hydrogens is 314 g/mol. The number of nitrogens with one attached hydrogen (secondary N) is 1. The molecule has 1 aliphatic heterocycles. The molecule has 2 heterocycles. The van der Waals surface area contributed by atoms with E-state index >= 15 is 0 Å². The summed E-state index contributed by atoms with van der Waals surface area (Å²) < 4.78 is 5.08. The van der Waals surface area contributed by atoms with Gasteiger partial charge in [-0.15, -0.1) is 0 Å². The maximum atomic E-state index is 5.08. The van der Waals surface area contributed by atoms with Gasteiger partial charge in [-0.05, 0) is 37.5 Å². The molecule has 2 aromatic rings. The first-order valence-corrected chi connectivity index (χ1v) is 8.79. The molecule has 0 saturated carbocycles. The van der Waals surface area contributed by atoms with Gasteiger partial charge in [0.1, 0.15) is 0 Å². The van der Waals surface area contributed by atoms with Gasteiger partial charge in [0.2, 0.25) is 11.8 Å². The maximum absolute atomic E-state index is 5.08. The molecule has 6 heteroatoms. The lowest BCUT2D eigenvalue weighted by Gasteiger charge is -2.22. The Morgan fingerprint density at radius 2 is 1.80 bits per heavy atom. The van der Waals surface area contributed by atoms with Crippen LogP contribution in [0, 0.1) is 0 Å². The van der Waals surface area contributed by atoms with Crippen molar-refractivity contribution in [2.75, 3.05) is 30.5 Å². The molecule has 1 aromatic carbocycles. The molecule has 6 nitrogen and oxygen atoms in total. The van der Waals surface area contributed by atoms with Gasteiger partial charge in [-0.3, -0.25) is 0 Å². The number of aromatic nitrogens is 2. The van der Waals surface area contributed by atoms with Gasteiger partial charge >= 0.3 is 0 Å². The van der Waals surface area contributed by atoms with E-state index < -0.39 is 0 Å². The summed E-state index contributed by atoms with van der Waals surface area (Å²) in [5.74, 6) is 0.923. The van der Waals surface area contributed by atoms with Gasteiger partial charge in [0.15, 0.2) is 0 Å². The Bertz CT molecular complexity index is 706. The summed E-state index contributed by atoms with van der Waals surface area (Å²) in [7, 11) is 1.58. The zero-order chi connectivity index (χ0) is 17.5. The molecular formula is C19H25N5O. The van der Waals surface area contributed by atoms with Gasteiger partial charge < -0.3 is 9.64 Å². The van der Waals surface area contributed by atoms with Crippen LogP contribution in [0.3, 0.4) is 0 Å². The summed E-state index contributed by atoms with van der Waals surface area (Å²) in [4.78, 5) is 10.8. The molecule has 0 amide bonds. The Balaban J connectivity index is 1.66. The highest BCUT2D eigenvalue weighted by Gasteiger charge is 2.10. The number of nitrogens with zero attached hydrogens (tertiary/aromatic N) is 4. The van der Waals surface area contributed by atoms with E-state index in [0.29, 0.717) is 11.8 Å². The van der Waals surface area contributed by atoms with Crippen LogP contribution in [0.2, 0.25) is 0 Å². The number of benzene rings is 1. The molecule has 1 N–H and O–H groups in total. The lowest BCUT2D eigenvalue weighted by molar-refractivity contribution is 0.397. The number of hydrogen-bond acceptors (Lipinski definition) is 6. The van der Waals surface area contributed by atoms with Crippen LogP contribution in [0.4, 0.5) is 11.6 Å². The summed E-state index contributed by atoms with van der Waals surface area (Å²) in [6.07, 6.45) is 6.89. The molecule has 0 aliphatic carbocycles. The van der Waals surface area contributed by atoms with Crippen LogP contribution in [0.5, 0.6) is 5.88 Å². The predicted molar refractivity (Wildman–Crippen MR) is 102 cm³/mol. The molecule has 0 unspecified atom stereocenters. The Labute approximate surface area is 148 Å². The minimum Gasteiger partial charge on any atom is -0.481 e. The van der Waals surface area contributed by atoms with Crippen LogP contribution in [0.15, 0.2) is 41.6 Å². The van der Waals surface area contributed by atoms with Gasteiger partial charge in [-0.25, -0.2) is 10.4 Å². The predicted octanol–water partition coefficient (Wildman–Crippen LogP) is 3.70. The highest BCUT2D eigenvalue weighted by Crippen LogP contribution is 2.20. The Morgan fingerprint density at radius 3 is 2.48 bits per heavy atom. The number of ether oxygens (including phenoxy) is 1. The minimum absolute atomic E-state index is 0.417. The van der Waals surface area contributed by atoms with Crippen LogP contribution in [-0.2, 0) is 0 Å². The SMILES string of the molecule is COc1ccnc(NN=C(C)c2ccc(N3CCCCCC3)cc2)n1. The lowest BCUT2D eigenvalue weighted by Crippen LogP contribution is -2.23. The minimum atomic E-state index is 0.417. The van der Waals surface area contributed by atoms with E-state index in [1.807, 2.05) is 6.92 Å².